The minimum atomic E-state index is -0.268. The number of hydrogen-bond donors (Lipinski definition) is 2. The number of para-hydroxylation sites is 1. The second-order valence-electron chi connectivity index (χ2n) is 6.71. The van der Waals surface area contributed by atoms with Crippen molar-refractivity contribution in [1.82, 2.24) is 9.78 Å². The zero-order chi connectivity index (χ0) is 21.3. The molecule has 4 rings (SSSR count). The molecule has 2 heterocycles. The molecule has 7 nitrogen and oxygen atoms in total. The number of aromatic nitrogens is 2. The van der Waals surface area contributed by atoms with Gasteiger partial charge in [0.05, 0.1) is 34.7 Å². The summed E-state index contributed by atoms with van der Waals surface area (Å²) in [6.45, 7) is 3.34. The Bertz CT molecular complexity index is 1240. The van der Waals surface area contributed by atoms with Gasteiger partial charge >= 0.3 is 0 Å². The van der Waals surface area contributed by atoms with E-state index in [1.165, 1.54) is 18.3 Å². The smallest absolute Gasteiger partial charge is 0.265 e. The number of anilines is 2. The zero-order valence-corrected chi connectivity index (χ0v) is 17.5. The predicted octanol–water partition coefficient (Wildman–Crippen LogP) is 4.61. The highest BCUT2D eigenvalue weighted by atomic mass is 32.1. The highest BCUT2D eigenvalue weighted by molar-refractivity contribution is 7.20. The van der Waals surface area contributed by atoms with E-state index in [1.54, 1.807) is 25.3 Å². The second kappa shape index (κ2) is 8.00. The minimum Gasteiger partial charge on any atom is -0.497 e. The first-order chi connectivity index (χ1) is 14.5. The molecule has 2 amide bonds. The van der Waals surface area contributed by atoms with Crippen molar-refractivity contribution < 1.29 is 14.3 Å². The van der Waals surface area contributed by atoms with Gasteiger partial charge in [-0.25, -0.2) is 4.68 Å². The molecule has 0 radical (unpaired) electrons. The van der Waals surface area contributed by atoms with Crippen molar-refractivity contribution in [2.24, 2.45) is 0 Å². The molecule has 0 fully saturated rings. The van der Waals surface area contributed by atoms with Crippen LogP contribution in [0.25, 0.3) is 15.9 Å². The van der Waals surface area contributed by atoms with Crippen molar-refractivity contribution in [2.45, 2.75) is 13.8 Å². The molecule has 8 heteroatoms. The van der Waals surface area contributed by atoms with E-state index in [1.807, 2.05) is 48.0 Å². The molecule has 0 saturated heterocycles. The maximum atomic E-state index is 13.0. The van der Waals surface area contributed by atoms with Crippen molar-refractivity contribution in [3.8, 4) is 11.4 Å². The number of benzene rings is 2. The minimum absolute atomic E-state index is 0.226. The quantitative estimate of drug-likeness (QED) is 0.494. The van der Waals surface area contributed by atoms with Crippen molar-refractivity contribution in [1.29, 1.82) is 0 Å². The van der Waals surface area contributed by atoms with E-state index < -0.39 is 0 Å². The number of rotatable bonds is 5. The summed E-state index contributed by atoms with van der Waals surface area (Å²) in [5.41, 5.74) is 2.76. The Morgan fingerprint density at radius 2 is 1.80 bits per heavy atom. The van der Waals surface area contributed by atoms with Crippen LogP contribution in [0.4, 0.5) is 11.4 Å². The number of thiophene rings is 1. The van der Waals surface area contributed by atoms with Crippen LogP contribution in [0.3, 0.4) is 0 Å². The summed E-state index contributed by atoms with van der Waals surface area (Å²) >= 11 is 1.37. The Morgan fingerprint density at radius 1 is 1.03 bits per heavy atom. The van der Waals surface area contributed by atoms with Crippen LogP contribution < -0.4 is 15.4 Å². The fraction of sp³-hybridized carbons (Fsp3) is 0.136. The fourth-order valence-corrected chi connectivity index (χ4v) is 4.22. The number of nitrogens with one attached hydrogen (secondary N) is 2. The average molecular weight is 420 g/mol. The third-order valence-corrected chi connectivity index (χ3v) is 5.66. The number of amides is 2. The highest BCUT2D eigenvalue weighted by Gasteiger charge is 2.18. The second-order valence-corrected chi connectivity index (χ2v) is 7.74. The molecule has 0 bridgehead atoms. The molecular weight excluding hydrogens is 400 g/mol. The molecule has 2 aromatic heterocycles. The number of nitrogens with zero attached hydrogens (tertiary/aromatic N) is 2. The van der Waals surface area contributed by atoms with E-state index in [4.69, 9.17) is 4.74 Å². The molecule has 0 saturated carbocycles. The maximum absolute atomic E-state index is 13.0. The van der Waals surface area contributed by atoms with E-state index in [0.717, 1.165) is 21.6 Å². The fourth-order valence-electron chi connectivity index (χ4n) is 3.14. The van der Waals surface area contributed by atoms with Gasteiger partial charge in [-0.1, -0.05) is 18.2 Å². The predicted molar refractivity (Wildman–Crippen MR) is 119 cm³/mol. The van der Waals surface area contributed by atoms with Crippen LogP contribution in [0.1, 0.15) is 22.3 Å². The summed E-state index contributed by atoms with van der Waals surface area (Å²) in [4.78, 5) is 25.9. The van der Waals surface area contributed by atoms with E-state index in [0.29, 0.717) is 22.0 Å². The van der Waals surface area contributed by atoms with E-state index in [2.05, 4.69) is 15.7 Å². The Kier molecular flexibility index (Phi) is 5.24. The van der Waals surface area contributed by atoms with Gasteiger partial charge in [0.1, 0.15) is 10.6 Å². The number of hydrogen-bond acceptors (Lipinski definition) is 5. The summed E-state index contributed by atoms with van der Waals surface area (Å²) in [6.07, 6.45) is 0. The molecule has 30 heavy (non-hydrogen) atoms. The van der Waals surface area contributed by atoms with Gasteiger partial charge < -0.3 is 15.4 Å². The van der Waals surface area contributed by atoms with E-state index >= 15 is 0 Å². The molecule has 0 aliphatic carbocycles. The average Bonchev–Trinajstić information content (AvgIpc) is 3.30. The Morgan fingerprint density at radius 3 is 2.50 bits per heavy atom. The lowest BCUT2D eigenvalue weighted by molar-refractivity contribution is -0.114. The van der Waals surface area contributed by atoms with Crippen LogP contribution in [0.5, 0.6) is 5.75 Å². The Balaban J connectivity index is 1.69. The van der Waals surface area contributed by atoms with Crippen LogP contribution >= 0.6 is 11.3 Å². The molecule has 0 aliphatic rings. The first-order valence-electron chi connectivity index (χ1n) is 9.28. The van der Waals surface area contributed by atoms with Crippen molar-refractivity contribution >= 4 is 44.7 Å². The standard InChI is InChI=1S/C22H20N4O3S/c1-13-17-12-20(30-22(17)26(25-13)15-7-5-4-6-8-15)21(28)24-19-11-16(29-3)9-10-18(19)23-14(2)27/h4-12H,1-3H3,(H,23,27)(H,24,28). The third-order valence-electron chi connectivity index (χ3n) is 4.55. The van der Waals surface area contributed by atoms with Gasteiger partial charge in [0.2, 0.25) is 5.91 Å². The number of carbonyl (C=O) groups is 2. The summed E-state index contributed by atoms with van der Waals surface area (Å²) < 4.78 is 7.09. The monoisotopic (exact) mass is 420 g/mol. The van der Waals surface area contributed by atoms with Crippen LogP contribution in [-0.2, 0) is 4.79 Å². The van der Waals surface area contributed by atoms with Crippen molar-refractivity contribution in [2.75, 3.05) is 17.7 Å². The third kappa shape index (κ3) is 3.77. The number of aryl methyl sites for hydroxylation is 1. The molecule has 0 spiro atoms. The number of carbonyl (C=O) groups excluding carboxylic acids is 2. The lowest BCUT2D eigenvalue weighted by Gasteiger charge is -2.12. The van der Waals surface area contributed by atoms with Crippen LogP contribution in [0.2, 0.25) is 0 Å². The maximum Gasteiger partial charge on any atom is 0.265 e. The van der Waals surface area contributed by atoms with E-state index in [-0.39, 0.29) is 11.8 Å². The SMILES string of the molecule is COc1ccc(NC(C)=O)c(NC(=O)c2cc3c(C)nn(-c4ccccc4)c3s2)c1. The van der Waals surface area contributed by atoms with Gasteiger partial charge in [-0.05, 0) is 37.3 Å². The lowest BCUT2D eigenvalue weighted by Crippen LogP contribution is -2.14. The molecule has 0 atom stereocenters. The Labute approximate surface area is 177 Å². The first kappa shape index (κ1) is 19.7. The van der Waals surface area contributed by atoms with Gasteiger partial charge in [-0.2, -0.15) is 5.10 Å². The molecule has 0 aliphatic heterocycles. The van der Waals surface area contributed by atoms with Gasteiger partial charge in [0, 0.05) is 18.4 Å². The van der Waals surface area contributed by atoms with Crippen LogP contribution in [-0.4, -0.2) is 28.7 Å². The topological polar surface area (TPSA) is 85.2 Å². The normalized spacial score (nSPS) is 10.8. The lowest BCUT2D eigenvalue weighted by atomic mass is 10.2. The number of ether oxygens (including phenoxy) is 1. The molecular formula is C22H20N4O3S. The molecule has 2 N–H and O–H groups in total. The first-order valence-corrected chi connectivity index (χ1v) is 10.1. The van der Waals surface area contributed by atoms with E-state index in [9.17, 15) is 9.59 Å². The van der Waals surface area contributed by atoms with Gasteiger partial charge in [0.25, 0.3) is 5.91 Å². The van der Waals surface area contributed by atoms with Crippen LogP contribution in [0.15, 0.2) is 54.6 Å². The molecule has 2 aromatic carbocycles. The van der Waals surface area contributed by atoms with Gasteiger partial charge in [-0.15, -0.1) is 11.3 Å². The summed E-state index contributed by atoms with van der Waals surface area (Å²) in [7, 11) is 1.54. The summed E-state index contributed by atoms with van der Waals surface area (Å²) in [6, 6.07) is 16.7. The van der Waals surface area contributed by atoms with Crippen molar-refractivity contribution in [3.05, 3.63) is 65.2 Å². The number of methoxy groups -OCH3 is 1. The van der Waals surface area contributed by atoms with Crippen molar-refractivity contribution in [3.63, 3.8) is 0 Å². The molecule has 4 aromatic rings. The zero-order valence-electron chi connectivity index (χ0n) is 16.7. The highest BCUT2D eigenvalue weighted by Crippen LogP contribution is 2.32. The number of fused-ring (bicyclic) bond motifs is 1. The summed E-state index contributed by atoms with van der Waals surface area (Å²) in [5, 5.41) is 11.1. The molecule has 0 unspecified atom stereocenters. The Hall–Kier alpha value is -3.65. The molecule has 152 valence electrons. The largest absolute Gasteiger partial charge is 0.497 e. The summed E-state index contributed by atoms with van der Waals surface area (Å²) in [5.74, 6) is 0.0810. The van der Waals surface area contributed by atoms with Crippen LogP contribution in [0, 0.1) is 6.92 Å². The van der Waals surface area contributed by atoms with Gasteiger partial charge in [-0.3, -0.25) is 9.59 Å². The van der Waals surface area contributed by atoms with Gasteiger partial charge in [0.15, 0.2) is 0 Å².